The van der Waals surface area contributed by atoms with Crippen molar-refractivity contribution in [1.82, 2.24) is 14.5 Å². The van der Waals surface area contributed by atoms with Crippen LogP contribution in [-0.4, -0.2) is 51.8 Å². The SMILES string of the molecule is CCOC(=O)c1cc(-c2cc(NCCn3c(C#N)cc4c(OC)ccc(F)c43)ncn2)ccc1C(=O)O. The quantitative estimate of drug-likeness (QED) is 0.323. The van der Waals surface area contributed by atoms with Gasteiger partial charge in [0.05, 0.1) is 36.1 Å². The highest BCUT2D eigenvalue weighted by Gasteiger charge is 2.19. The molecule has 37 heavy (non-hydrogen) atoms. The summed E-state index contributed by atoms with van der Waals surface area (Å²) >= 11 is 0. The summed E-state index contributed by atoms with van der Waals surface area (Å²) in [5.41, 5.74) is 1.24. The summed E-state index contributed by atoms with van der Waals surface area (Å²) in [6, 6.07) is 12.4. The Balaban J connectivity index is 1.57. The lowest BCUT2D eigenvalue weighted by molar-refractivity contribution is 0.0514. The number of carboxylic acids is 1. The summed E-state index contributed by atoms with van der Waals surface area (Å²) < 4.78 is 26.5. The first-order valence-corrected chi connectivity index (χ1v) is 11.2. The zero-order valence-corrected chi connectivity index (χ0v) is 20.0. The molecule has 2 aromatic heterocycles. The first-order chi connectivity index (χ1) is 17.9. The van der Waals surface area contributed by atoms with Crippen molar-refractivity contribution < 1.29 is 28.6 Å². The molecule has 0 aliphatic rings. The van der Waals surface area contributed by atoms with Crippen molar-refractivity contribution in [2.75, 3.05) is 25.6 Å². The second kappa shape index (κ2) is 10.7. The van der Waals surface area contributed by atoms with Gasteiger partial charge in [-0.3, -0.25) is 0 Å². The zero-order valence-electron chi connectivity index (χ0n) is 20.0. The third kappa shape index (κ3) is 5.04. The molecule has 10 nitrogen and oxygen atoms in total. The number of methoxy groups -OCH3 is 1. The van der Waals surface area contributed by atoms with Crippen LogP contribution in [0.25, 0.3) is 22.2 Å². The first-order valence-electron chi connectivity index (χ1n) is 11.2. The minimum absolute atomic E-state index is 0.0825. The summed E-state index contributed by atoms with van der Waals surface area (Å²) in [5.74, 6) is -1.55. The fourth-order valence-corrected chi connectivity index (χ4v) is 3.99. The number of esters is 1. The molecule has 0 unspecified atom stereocenters. The van der Waals surface area contributed by atoms with Crippen LogP contribution in [0.15, 0.2) is 48.8 Å². The summed E-state index contributed by atoms with van der Waals surface area (Å²) in [6.45, 7) is 2.30. The number of anilines is 1. The van der Waals surface area contributed by atoms with Gasteiger partial charge in [-0.05, 0) is 37.3 Å². The molecule has 2 N–H and O–H groups in total. The van der Waals surface area contributed by atoms with Crippen LogP contribution in [-0.2, 0) is 11.3 Å². The average Bonchev–Trinajstić information content (AvgIpc) is 3.28. The molecule has 188 valence electrons. The van der Waals surface area contributed by atoms with E-state index in [4.69, 9.17) is 9.47 Å². The number of benzene rings is 2. The van der Waals surface area contributed by atoms with Crippen molar-refractivity contribution in [2.45, 2.75) is 13.5 Å². The predicted molar refractivity (Wildman–Crippen MR) is 132 cm³/mol. The number of carbonyl (C=O) groups is 2. The Bertz CT molecular complexity index is 1540. The van der Waals surface area contributed by atoms with Gasteiger partial charge in [-0.2, -0.15) is 5.26 Å². The Morgan fingerprint density at radius 2 is 1.97 bits per heavy atom. The maximum Gasteiger partial charge on any atom is 0.339 e. The Labute approximate surface area is 210 Å². The van der Waals surface area contributed by atoms with Gasteiger partial charge in [0, 0.05) is 30.1 Å². The summed E-state index contributed by atoms with van der Waals surface area (Å²) in [5, 5.41) is 22.6. The number of carbonyl (C=O) groups excluding carboxylic acids is 1. The monoisotopic (exact) mass is 503 g/mol. The van der Waals surface area contributed by atoms with Crippen molar-refractivity contribution in [1.29, 1.82) is 5.26 Å². The fraction of sp³-hybridized carbons (Fsp3) is 0.192. The van der Waals surface area contributed by atoms with Crippen LogP contribution in [0, 0.1) is 17.1 Å². The molecule has 0 aliphatic heterocycles. The van der Waals surface area contributed by atoms with E-state index in [0.717, 1.165) is 0 Å². The number of ether oxygens (including phenoxy) is 2. The number of halogens is 1. The van der Waals surface area contributed by atoms with E-state index in [2.05, 4.69) is 21.4 Å². The normalized spacial score (nSPS) is 10.6. The highest BCUT2D eigenvalue weighted by atomic mass is 19.1. The van der Waals surface area contributed by atoms with E-state index in [1.165, 1.54) is 37.7 Å². The van der Waals surface area contributed by atoms with Crippen LogP contribution in [0.2, 0.25) is 0 Å². The van der Waals surface area contributed by atoms with Gasteiger partial charge in [0.25, 0.3) is 0 Å². The number of hydrogen-bond donors (Lipinski definition) is 2. The largest absolute Gasteiger partial charge is 0.496 e. The molecule has 0 radical (unpaired) electrons. The van der Waals surface area contributed by atoms with E-state index >= 15 is 0 Å². The number of fused-ring (bicyclic) bond motifs is 1. The number of nitriles is 1. The average molecular weight is 503 g/mol. The molecule has 4 aromatic rings. The third-order valence-electron chi connectivity index (χ3n) is 5.65. The highest BCUT2D eigenvalue weighted by Crippen LogP contribution is 2.31. The molecule has 0 fully saturated rings. The minimum atomic E-state index is -1.25. The van der Waals surface area contributed by atoms with Crippen LogP contribution in [0.5, 0.6) is 5.75 Å². The third-order valence-corrected chi connectivity index (χ3v) is 5.65. The molecule has 0 aliphatic carbocycles. The second-order valence-corrected chi connectivity index (χ2v) is 7.81. The predicted octanol–water partition coefficient (Wildman–Crippen LogP) is 4.10. The molecule has 2 aromatic carbocycles. The second-order valence-electron chi connectivity index (χ2n) is 7.81. The zero-order chi connectivity index (χ0) is 26.5. The van der Waals surface area contributed by atoms with Crippen LogP contribution in [0.3, 0.4) is 0 Å². The number of rotatable bonds is 9. The number of nitrogens with one attached hydrogen (secondary N) is 1. The van der Waals surface area contributed by atoms with E-state index in [0.29, 0.717) is 34.8 Å². The van der Waals surface area contributed by atoms with E-state index in [-0.39, 0.29) is 35.5 Å². The van der Waals surface area contributed by atoms with Crippen LogP contribution in [0.4, 0.5) is 10.2 Å². The summed E-state index contributed by atoms with van der Waals surface area (Å²) in [7, 11) is 1.48. The molecule has 0 atom stereocenters. The van der Waals surface area contributed by atoms with Crippen molar-refractivity contribution in [3.8, 4) is 23.1 Å². The molecule has 0 amide bonds. The fourth-order valence-electron chi connectivity index (χ4n) is 3.99. The van der Waals surface area contributed by atoms with Crippen molar-refractivity contribution in [2.24, 2.45) is 0 Å². The lowest BCUT2D eigenvalue weighted by atomic mass is 10.0. The van der Waals surface area contributed by atoms with E-state index < -0.39 is 17.8 Å². The molecule has 0 spiro atoms. The Morgan fingerprint density at radius 3 is 2.68 bits per heavy atom. The maximum atomic E-state index is 14.6. The topological polar surface area (TPSA) is 139 Å². The number of nitrogens with zero attached hydrogens (tertiary/aromatic N) is 4. The smallest absolute Gasteiger partial charge is 0.339 e. The Hall–Kier alpha value is -4.98. The number of hydrogen-bond acceptors (Lipinski definition) is 8. The van der Waals surface area contributed by atoms with Crippen LogP contribution in [0.1, 0.15) is 33.3 Å². The molecule has 0 saturated heterocycles. The summed E-state index contributed by atoms with van der Waals surface area (Å²) in [6.07, 6.45) is 1.32. The van der Waals surface area contributed by atoms with Crippen LogP contribution < -0.4 is 10.1 Å². The van der Waals surface area contributed by atoms with Crippen molar-refractivity contribution in [3.05, 3.63) is 71.4 Å². The molecule has 0 bridgehead atoms. The van der Waals surface area contributed by atoms with E-state index in [1.54, 1.807) is 29.7 Å². The Kier molecular flexibility index (Phi) is 7.29. The lowest BCUT2D eigenvalue weighted by Gasteiger charge is -2.11. The number of aromatic carboxylic acids is 1. The van der Waals surface area contributed by atoms with Gasteiger partial charge in [-0.1, -0.05) is 6.07 Å². The van der Waals surface area contributed by atoms with Gasteiger partial charge in [0.15, 0.2) is 0 Å². The van der Waals surface area contributed by atoms with Crippen molar-refractivity contribution in [3.63, 3.8) is 0 Å². The number of carboxylic acid groups (broad SMARTS) is 1. The van der Waals surface area contributed by atoms with Gasteiger partial charge < -0.3 is 24.5 Å². The molecular formula is C26H22FN5O5. The molecule has 11 heteroatoms. The minimum Gasteiger partial charge on any atom is -0.496 e. The van der Waals surface area contributed by atoms with Gasteiger partial charge in [0.1, 0.15) is 35.5 Å². The van der Waals surface area contributed by atoms with Gasteiger partial charge in [-0.15, -0.1) is 0 Å². The standard InChI is InChI=1S/C26H22FN5O5/c1-3-37-26(35)18-10-15(4-5-17(18)25(33)34)21-12-23(31-14-30-21)29-8-9-32-16(13-28)11-19-22(36-2)7-6-20(27)24(19)32/h4-7,10-12,14H,3,8-9H2,1-2H3,(H,33,34)(H,29,30,31). The number of aromatic nitrogens is 3. The van der Waals surface area contributed by atoms with Gasteiger partial charge >= 0.3 is 11.9 Å². The molecular weight excluding hydrogens is 481 g/mol. The van der Waals surface area contributed by atoms with E-state index in [9.17, 15) is 24.3 Å². The molecule has 0 saturated carbocycles. The van der Waals surface area contributed by atoms with E-state index in [1.807, 2.05) is 0 Å². The lowest BCUT2D eigenvalue weighted by Crippen LogP contribution is -2.13. The van der Waals surface area contributed by atoms with Crippen LogP contribution >= 0.6 is 0 Å². The highest BCUT2D eigenvalue weighted by molar-refractivity contribution is 6.03. The Morgan fingerprint density at radius 1 is 1.16 bits per heavy atom. The summed E-state index contributed by atoms with van der Waals surface area (Å²) in [4.78, 5) is 32.2. The van der Waals surface area contributed by atoms with Crippen molar-refractivity contribution >= 4 is 28.7 Å². The van der Waals surface area contributed by atoms with Gasteiger partial charge in [-0.25, -0.2) is 23.9 Å². The van der Waals surface area contributed by atoms with Gasteiger partial charge in [0.2, 0.25) is 0 Å². The molecule has 2 heterocycles. The first kappa shape index (κ1) is 25.1. The maximum absolute atomic E-state index is 14.6. The molecule has 4 rings (SSSR count).